The number of aryl methyl sites for hydroxylation is 3. The predicted molar refractivity (Wildman–Crippen MR) is 65.8 cm³/mol. The Kier molecular flexibility index (Phi) is 3.64. The number of aromatic nitrogens is 3. The van der Waals surface area contributed by atoms with Crippen LogP contribution < -0.4 is 5.32 Å². The molecule has 2 aromatic rings. The van der Waals surface area contributed by atoms with E-state index >= 15 is 0 Å². The molecule has 0 fully saturated rings. The van der Waals surface area contributed by atoms with Gasteiger partial charge >= 0.3 is 0 Å². The lowest BCUT2D eigenvalue weighted by molar-refractivity contribution is 0.0941. The zero-order chi connectivity index (χ0) is 14.0. The zero-order valence-electron chi connectivity index (χ0n) is 11.4. The molecule has 0 saturated carbocycles. The van der Waals surface area contributed by atoms with Gasteiger partial charge < -0.3 is 9.84 Å². The topological polar surface area (TPSA) is 94.0 Å². The normalized spacial score (nSPS) is 12.4. The first-order chi connectivity index (χ1) is 9.00. The quantitative estimate of drug-likeness (QED) is 0.899. The summed E-state index contributed by atoms with van der Waals surface area (Å²) in [6.07, 6.45) is 0. The Balaban J connectivity index is 2.00. The summed E-state index contributed by atoms with van der Waals surface area (Å²) in [6.45, 7) is 7.88. The molecule has 0 bridgehead atoms. The first kappa shape index (κ1) is 13.3. The maximum atomic E-state index is 11.9. The molecule has 7 nitrogen and oxygen atoms in total. The molecule has 1 atom stereocenters. The molecule has 0 unspecified atom stereocenters. The highest BCUT2D eigenvalue weighted by Gasteiger charge is 2.19. The van der Waals surface area contributed by atoms with Crippen LogP contribution in [-0.4, -0.2) is 27.9 Å². The van der Waals surface area contributed by atoms with Crippen molar-refractivity contribution in [3.05, 3.63) is 28.4 Å². The lowest BCUT2D eigenvalue weighted by atomic mass is 9.99. The van der Waals surface area contributed by atoms with Gasteiger partial charge in [-0.05, 0) is 25.9 Å². The van der Waals surface area contributed by atoms with Crippen LogP contribution in [-0.2, 0) is 0 Å². The third-order valence-corrected chi connectivity index (χ3v) is 3.02. The minimum absolute atomic E-state index is 0.107. The Bertz CT molecular complexity index is 568. The molecule has 0 aliphatic carbocycles. The second-order valence-electron chi connectivity index (χ2n) is 4.55. The van der Waals surface area contributed by atoms with Crippen LogP contribution in [0.2, 0.25) is 0 Å². The van der Waals surface area contributed by atoms with Gasteiger partial charge in [-0.25, -0.2) is 4.63 Å². The van der Waals surface area contributed by atoms with E-state index in [9.17, 15) is 4.79 Å². The SMILES string of the molecule is Cc1nonc1C(=O)NC[C@H](C)c1c(C)noc1C. The van der Waals surface area contributed by atoms with Crippen molar-refractivity contribution < 1.29 is 13.9 Å². The molecule has 0 aliphatic heterocycles. The van der Waals surface area contributed by atoms with Crippen molar-refractivity contribution in [2.45, 2.75) is 33.6 Å². The van der Waals surface area contributed by atoms with Crippen LogP contribution in [0.4, 0.5) is 0 Å². The van der Waals surface area contributed by atoms with E-state index in [1.165, 1.54) is 0 Å². The summed E-state index contributed by atoms with van der Waals surface area (Å²) in [5.41, 5.74) is 2.56. The summed E-state index contributed by atoms with van der Waals surface area (Å²) < 4.78 is 9.61. The first-order valence-corrected chi connectivity index (χ1v) is 6.00. The number of amides is 1. The number of hydrogen-bond acceptors (Lipinski definition) is 6. The molecular formula is C12H16N4O3. The third kappa shape index (κ3) is 2.64. The number of nitrogens with one attached hydrogen (secondary N) is 1. The fourth-order valence-electron chi connectivity index (χ4n) is 2.06. The van der Waals surface area contributed by atoms with Crippen molar-refractivity contribution in [3.63, 3.8) is 0 Å². The Morgan fingerprint density at radius 3 is 2.47 bits per heavy atom. The number of rotatable bonds is 4. The van der Waals surface area contributed by atoms with Crippen LogP contribution in [0.5, 0.6) is 0 Å². The summed E-state index contributed by atoms with van der Waals surface area (Å²) in [4.78, 5) is 11.9. The predicted octanol–water partition coefficient (Wildman–Crippen LogP) is 1.52. The molecule has 2 rings (SSSR count). The Morgan fingerprint density at radius 2 is 1.95 bits per heavy atom. The van der Waals surface area contributed by atoms with Gasteiger partial charge in [-0.1, -0.05) is 17.2 Å². The Morgan fingerprint density at radius 1 is 1.21 bits per heavy atom. The lowest BCUT2D eigenvalue weighted by Crippen LogP contribution is -2.28. The van der Waals surface area contributed by atoms with Gasteiger partial charge in [0.15, 0.2) is 5.69 Å². The van der Waals surface area contributed by atoms with Crippen molar-refractivity contribution in [2.24, 2.45) is 0 Å². The van der Waals surface area contributed by atoms with Crippen molar-refractivity contribution in [2.75, 3.05) is 6.54 Å². The van der Waals surface area contributed by atoms with Gasteiger partial charge in [-0.2, -0.15) is 0 Å². The maximum Gasteiger partial charge on any atom is 0.275 e. The highest BCUT2D eigenvalue weighted by atomic mass is 16.6. The van der Waals surface area contributed by atoms with Crippen molar-refractivity contribution >= 4 is 5.91 Å². The molecule has 0 saturated heterocycles. The van der Waals surface area contributed by atoms with Crippen molar-refractivity contribution in [3.8, 4) is 0 Å². The van der Waals surface area contributed by atoms with Crippen LogP contribution in [0.3, 0.4) is 0 Å². The van der Waals surface area contributed by atoms with Gasteiger partial charge in [0.2, 0.25) is 0 Å². The molecule has 0 aromatic carbocycles. The number of nitrogens with zero attached hydrogens (tertiary/aromatic N) is 3. The maximum absolute atomic E-state index is 11.9. The molecule has 1 N–H and O–H groups in total. The summed E-state index contributed by atoms with van der Waals surface area (Å²) in [5, 5.41) is 13.8. The van der Waals surface area contributed by atoms with Crippen molar-refractivity contribution in [1.82, 2.24) is 20.8 Å². The molecule has 0 spiro atoms. The van der Waals surface area contributed by atoms with Gasteiger partial charge in [0, 0.05) is 18.0 Å². The summed E-state index contributed by atoms with van der Waals surface area (Å²) in [6, 6.07) is 0. The van der Waals surface area contributed by atoms with Gasteiger partial charge in [-0.3, -0.25) is 4.79 Å². The number of carbonyl (C=O) groups is 1. The third-order valence-electron chi connectivity index (χ3n) is 3.02. The van der Waals surface area contributed by atoms with E-state index in [0.29, 0.717) is 12.2 Å². The Hall–Kier alpha value is -2.18. The highest BCUT2D eigenvalue weighted by Crippen LogP contribution is 2.22. The molecule has 7 heteroatoms. The summed E-state index contributed by atoms with van der Waals surface area (Å²) in [5.74, 6) is 0.589. The first-order valence-electron chi connectivity index (χ1n) is 6.00. The second kappa shape index (κ2) is 5.21. The second-order valence-corrected chi connectivity index (χ2v) is 4.55. The van der Waals surface area contributed by atoms with Gasteiger partial charge in [0.25, 0.3) is 5.91 Å². The number of hydrogen-bond donors (Lipinski definition) is 1. The minimum Gasteiger partial charge on any atom is -0.361 e. The molecule has 0 aliphatic rings. The molecule has 2 aromatic heterocycles. The van der Waals surface area contributed by atoms with Gasteiger partial charge in [-0.15, -0.1) is 0 Å². The fraction of sp³-hybridized carbons (Fsp3) is 0.500. The van der Waals surface area contributed by atoms with Crippen LogP contribution in [0.25, 0.3) is 0 Å². The molecule has 102 valence electrons. The van der Waals surface area contributed by atoms with E-state index in [1.54, 1.807) is 6.92 Å². The van der Waals surface area contributed by atoms with Crippen LogP contribution in [0.15, 0.2) is 9.15 Å². The van der Waals surface area contributed by atoms with E-state index in [1.807, 2.05) is 20.8 Å². The number of carbonyl (C=O) groups excluding carboxylic acids is 1. The Labute approximate surface area is 110 Å². The standard InChI is InChI=1S/C12H16N4O3/c1-6(10-7(2)14-18-9(10)4)5-13-12(17)11-8(3)15-19-16-11/h6H,5H2,1-4H3,(H,13,17)/t6-/m0/s1. The molecular weight excluding hydrogens is 248 g/mol. The van der Waals surface area contributed by atoms with E-state index in [4.69, 9.17) is 4.52 Å². The zero-order valence-corrected chi connectivity index (χ0v) is 11.4. The average molecular weight is 264 g/mol. The highest BCUT2D eigenvalue weighted by molar-refractivity contribution is 5.92. The van der Waals surface area contributed by atoms with Gasteiger partial charge in [0.05, 0.1) is 5.69 Å². The monoisotopic (exact) mass is 264 g/mol. The minimum atomic E-state index is -0.294. The van der Waals surface area contributed by atoms with Crippen LogP contribution in [0.1, 0.15) is 46.0 Å². The van der Waals surface area contributed by atoms with Crippen LogP contribution >= 0.6 is 0 Å². The summed E-state index contributed by atoms with van der Waals surface area (Å²) in [7, 11) is 0. The van der Waals surface area contributed by atoms with E-state index in [0.717, 1.165) is 17.0 Å². The van der Waals surface area contributed by atoms with Crippen LogP contribution in [0, 0.1) is 20.8 Å². The molecule has 1 amide bonds. The molecule has 19 heavy (non-hydrogen) atoms. The lowest BCUT2D eigenvalue weighted by Gasteiger charge is -2.11. The van der Waals surface area contributed by atoms with E-state index in [2.05, 4.69) is 25.4 Å². The molecule has 2 heterocycles. The molecule has 0 radical (unpaired) electrons. The van der Waals surface area contributed by atoms with Gasteiger partial charge in [0.1, 0.15) is 11.5 Å². The van der Waals surface area contributed by atoms with Crippen molar-refractivity contribution in [1.29, 1.82) is 0 Å². The summed E-state index contributed by atoms with van der Waals surface area (Å²) >= 11 is 0. The largest absolute Gasteiger partial charge is 0.361 e. The smallest absolute Gasteiger partial charge is 0.275 e. The average Bonchev–Trinajstić information content (AvgIpc) is 2.93. The fourth-order valence-corrected chi connectivity index (χ4v) is 2.06. The van der Waals surface area contributed by atoms with E-state index < -0.39 is 0 Å². The van der Waals surface area contributed by atoms with E-state index in [-0.39, 0.29) is 17.5 Å².